The molecule has 1 aromatic carbocycles. The smallest absolute Gasteiger partial charge is 0.106 e. The molecule has 0 aromatic heterocycles. The predicted molar refractivity (Wildman–Crippen MR) is 101 cm³/mol. The van der Waals surface area contributed by atoms with E-state index in [1.807, 2.05) is 0 Å². The fraction of sp³-hybridized carbons (Fsp3) is 0.647. The first kappa shape index (κ1) is 17.5. The van der Waals surface area contributed by atoms with E-state index in [4.69, 9.17) is 4.74 Å². The third kappa shape index (κ3) is 4.09. The fourth-order valence-electron chi connectivity index (χ4n) is 3.09. The normalized spacial score (nSPS) is 18.8. The molecule has 0 radical (unpaired) electrons. The van der Waals surface area contributed by atoms with Crippen LogP contribution in [0.5, 0.6) is 0 Å². The van der Waals surface area contributed by atoms with Gasteiger partial charge < -0.3 is 4.74 Å². The molecule has 4 heteroatoms. The summed E-state index contributed by atoms with van der Waals surface area (Å²) in [4.78, 5) is 0. The maximum Gasteiger partial charge on any atom is 0.106 e. The molecule has 0 bridgehead atoms. The summed E-state index contributed by atoms with van der Waals surface area (Å²) < 4.78 is 5.92. The maximum absolute atomic E-state index is 5.48. The van der Waals surface area contributed by atoms with Crippen molar-refractivity contribution in [2.24, 2.45) is 0 Å². The molecule has 0 spiro atoms. The van der Waals surface area contributed by atoms with Crippen LogP contribution in [-0.2, 0) is 11.2 Å². The highest BCUT2D eigenvalue weighted by molar-refractivity contribution is 8.20. The summed E-state index contributed by atoms with van der Waals surface area (Å²) in [6, 6.07) is 8.82. The van der Waals surface area contributed by atoms with Crippen molar-refractivity contribution >= 4 is 31.6 Å². The fourth-order valence-corrected chi connectivity index (χ4v) is 10.3. The summed E-state index contributed by atoms with van der Waals surface area (Å²) in [5, 5.41) is 0. The van der Waals surface area contributed by atoms with E-state index in [1.54, 1.807) is 0 Å². The first-order chi connectivity index (χ1) is 9.93. The van der Waals surface area contributed by atoms with Gasteiger partial charge in [0.2, 0.25) is 0 Å². The summed E-state index contributed by atoms with van der Waals surface area (Å²) in [6.45, 7) is 8.43. The van der Waals surface area contributed by atoms with Gasteiger partial charge in [0, 0.05) is 0 Å². The lowest BCUT2D eigenvalue weighted by molar-refractivity contribution is 0.414. The monoisotopic (exact) mass is 340 g/mol. The van der Waals surface area contributed by atoms with E-state index >= 15 is 0 Å². The van der Waals surface area contributed by atoms with Crippen LogP contribution < -0.4 is 0 Å². The Hall–Kier alpha value is 0.0969. The first-order valence-electron chi connectivity index (χ1n) is 7.73. The lowest BCUT2D eigenvalue weighted by atomic mass is 10.00. The molecule has 1 aliphatic rings. The van der Waals surface area contributed by atoms with Gasteiger partial charge in [0.05, 0.1) is 18.4 Å². The van der Waals surface area contributed by atoms with Crippen molar-refractivity contribution in [1.82, 2.24) is 0 Å². The minimum Gasteiger partial charge on any atom is -0.368 e. The van der Waals surface area contributed by atoms with Gasteiger partial charge in [0.25, 0.3) is 0 Å². The van der Waals surface area contributed by atoms with E-state index in [-0.39, 0.29) is 0 Å². The van der Waals surface area contributed by atoms with Crippen LogP contribution in [0.4, 0.5) is 0 Å². The van der Waals surface area contributed by atoms with Crippen LogP contribution in [0.1, 0.15) is 30.1 Å². The highest BCUT2D eigenvalue weighted by Crippen LogP contribution is 2.46. The highest BCUT2D eigenvalue weighted by atomic mass is 32.2. The minimum atomic E-state index is -1.20. The molecule has 21 heavy (non-hydrogen) atoms. The third-order valence-electron chi connectivity index (χ3n) is 4.49. The second kappa shape index (κ2) is 7.11. The van der Waals surface area contributed by atoms with Crippen LogP contribution in [0.25, 0.3) is 0 Å². The molecule has 1 saturated heterocycles. The van der Waals surface area contributed by atoms with Gasteiger partial charge in [0.15, 0.2) is 0 Å². The van der Waals surface area contributed by atoms with Crippen molar-refractivity contribution in [2.75, 3.05) is 19.1 Å². The van der Waals surface area contributed by atoms with Crippen LogP contribution in [-0.4, -0.2) is 30.9 Å². The van der Waals surface area contributed by atoms with Crippen molar-refractivity contribution in [3.63, 3.8) is 0 Å². The van der Waals surface area contributed by atoms with E-state index in [0.29, 0.717) is 9.81 Å². The molecule has 0 N–H and O–H groups in total. The zero-order chi connectivity index (χ0) is 15.5. The predicted octanol–water partition coefficient (Wildman–Crippen LogP) is 5.38. The number of rotatable bonds is 8. The van der Waals surface area contributed by atoms with Crippen LogP contribution in [0.15, 0.2) is 24.3 Å². The molecule has 1 aromatic rings. The summed E-state index contributed by atoms with van der Waals surface area (Å²) in [6.07, 6.45) is 8.73. The standard InChI is InChI=1S/C17H28OS2Si/c1-19-17(20-2,21(3,4)5)12-8-10-14-9-6-7-11-15(14)16-13-18-16/h6-7,9,11,16H,8,10,12-13H2,1-5H3. The number of epoxide rings is 1. The molecular formula is C17H28OS2Si. The number of hydrogen-bond acceptors (Lipinski definition) is 3. The van der Waals surface area contributed by atoms with Crippen LogP contribution in [0.3, 0.4) is 0 Å². The average molecular weight is 341 g/mol. The largest absolute Gasteiger partial charge is 0.368 e. The molecular weight excluding hydrogens is 312 g/mol. The lowest BCUT2D eigenvalue weighted by Crippen LogP contribution is -2.46. The molecule has 1 unspecified atom stereocenters. The molecule has 1 nitrogen and oxygen atoms in total. The maximum atomic E-state index is 5.48. The van der Waals surface area contributed by atoms with Gasteiger partial charge in [-0.1, -0.05) is 43.9 Å². The van der Waals surface area contributed by atoms with E-state index in [9.17, 15) is 0 Å². The Morgan fingerprint density at radius 1 is 1.19 bits per heavy atom. The van der Waals surface area contributed by atoms with Crippen molar-refractivity contribution in [3.8, 4) is 0 Å². The number of aryl methyl sites for hydroxylation is 1. The van der Waals surface area contributed by atoms with Crippen LogP contribution >= 0.6 is 23.5 Å². The Labute approximate surface area is 139 Å². The number of hydrogen-bond donors (Lipinski definition) is 0. The van der Waals surface area contributed by atoms with Gasteiger partial charge in [-0.25, -0.2) is 0 Å². The van der Waals surface area contributed by atoms with E-state index in [1.165, 1.54) is 30.4 Å². The molecule has 0 aliphatic carbocycles. The molecule has 1 fully saturated rings. The SMILES string of the molecule is CSC(CCCc1ccccc1C1CO1)(SC)[Si](C)(C)C. The Balaban J connectivity index is 2.00. The van der Waals surface area contributed by atoms with E-state index in [2.05, 4.69) is 79.9 Å². The molecule has 0 amide bonds. The summed E-state index contributed by atoms with van der Waals surface area (Å²) in [5.74, 6) is 0. The number of ether oxygens (including phenoxy) is 1. The quantitative estimate of drug-likeness (QED) is 0.358. The summed E-state index contributed by atoms with van der Waals surface area (Å²) in [5.41, 5.74) is 2.91. The molecule has 2 rings (SSSR count). The van der Waals surface area contributed by atoms with Crippen molar-refractivity contribution in [2.45, 2.75) is 48.7 Å². The van der Waals surface area contributed by atoms with Gasteiger partial charge in [-0.05, 0) is 42.9 Å². The first-order valence-corrected chi connectivity index (χ1v) is 13.7. The van der Waals surface area contributed by atoms with Crippen molar-refractivity contribution in [3.05, 3.63) is 35.4 Å². The zero-order valence-corrected chi connectivity index (χ0v) is 16.6. The highest BCUT2D eigenvalue weighted by Gasteiger charge is 2.41. The summed E-state index contributed by atoms with van der Waals surface area (Å²) >= 11 is 4.16. The van der Waals surface area contributed by atoms with Gasteiger partial charge in [0.1, 0.15) is 6.10 Å². The van der Waals surface area contributed by atoms with Crippen LogP contribution in [0.2, 0.25) is 19.6 Å². The Morgan fingerprint density at radius 3 is 2.33 bits per heavy atom. The number of benzene rings is 1. The van der Waals surface area contributed by atoms with Crippen LogP contribution in [0, 0.1) is 0 Å². The van der Waals surface area contributed by atoms with E-state index < -0.39 is 8.07 Å². The zero-order valence-electron chi connectivity index (χ0n) is 13.9. The molecule has 1 heterocycles. The molecule has 118 valence electrons. The number of thioether (sulfide) groups is 2. The molecule has 1 atom stereocenters. The Morgan fingerprint density at radius 2 is 1.81 bits per heavy atom. The van der Waals surface area contributed by atoms with Gasteiger partial charge in [-0.15, -0.1) is 0 Å². The van der Waals surface area contributed by atoms with Gasteiger partial charge >= 0.3 is 0 Å². The minimum absolute atomic E-state index is 0.379. The van der Waals surface area contributed by atoms with Gasteiger partial charge in [-0.2, -0.15) is 23.5 Å². The van der Waals surface area contributed by atoms with E-state index in [0.717, 1.165) is 6.61 Å². The average Bonchev–Trinajstić information content (AvgIpc) is 3.27. The summed E-state index contributed by atoms with van der Waals surface area (Å²) in [7, 11) is -1.20. The Bertz CT molecular complexity index is 462. The lowest BCUT2D eigenvalue weighted by Gasteiger charge is -2.41. The van der Waals surface area contributed by atoms with Gasteiger partial charge in [-0.3, -0.25) is 0 Å². The van der Waals surface area contributed by atoms with Crippen molar-refractivity contribution < 1.29 is 4.74 Å². The Kier molecular flexibility index (Phi) is 5.91. The second-order valence-electron chi connectivity index (χ2n) is 6.79. The topological polar surface area (TPSA) is 12.5 Å². The van der Waals surface area contributed by atoms with Crippen molar-refractivity contribution in [1.29, 1.82) is 0 Å². The molecule has 0 saturated carbocycles. The molecule has 1 aliphatic heterocycles. The third-order valence-corrected chi connectivity index (χ3v) is 14.7. The second-order valence-corrected chi connectivity index (χ2v) is 15.3.